The third-order valence-corrected chi connectivity index (χ3v) is 2.81. The molecule has 0 aliphatic heterocycles. The molecule has 6 nitrogen and oxygen atoms in total. The minimum Gasteiger partial charge on any atom is -0.493 e. The second-order valence-corrected chi connectivity index (χ2v) is 4.28. The van der Waals surface area contributed by atoms with Gasteiger partial charge in [0.25, 0.3) is 5.69 Å². The number of ether oxygens (including phenoxy) is 1. The van der Waals surface area contributed by atoms with E-state index in [1.807, 2.05) is 0 Å². The van der Waals surface area contributed by atoms with E-state index in [2.05, 4.69) is 0 Å². The Balaban J connectivity index is 3.12. The van der Waals surface area contributed by atoms with Crippen molar-refractivity contribution in [3.8, 4) is 5.75 Å². The molecule has 0 spiro atoms. The van der Waals surface area contributed by atoms with Crippen LogP contribution in [-0.4, -0.2) is 33.7 Å². The van der Waals surface area contributed by atoms with E-state index in [1.165, 1.54) is 18.2 Å². The summed E-state index contributed by atoms with van der Waals surface area (Å²) < 4.78 is 5.29. The second kappa shape index (κ2) is 7.28. The number of non-ortho nitro benzene ring substituents is 1. The van der Waals surface area contributed by atoms with E-state index in [-0.39, 0.29) is 23.6 Å². The molecule has 0 aliphatic rings. The molecule has 0 aromatic heterocycles. The van der Waals surface area contributed by atoms with Gasteiger partial charge in [-0.2, -0.15) is 0 Å². The van der Waals surface area contributed by atoms with Crippen LogP contribution in [0.1, 0.15) is 25.0 Å². The number of nitrogens with zero attached hydrogens (tertiary/aromatic N) is 1. The van der Waals surface area contributed by atoms with Gasteiger partial charge in [-0.15, -0.1) is 11.6 Å². The minimum atomic E-state index is -1.28. The van der Waals surface area contributed by atoms with E-state index in [9.17, 15) is 20.3 Å². The molecule has 1 rings (SSSR count). The number of rotatable bonds is 7. The molecule has 1 aromatic rings. The Morgan fingerprint density at radius 2 is 2.16 bits per heavy atom. The molecule has 2 atom stereocenters. The fourth-order valence-electron chi connectivity index (χ4n) is 1.64. The monoisotopic (exact) mass is 289 g/mol. The number of aliphatic hydroxyl groups excluding tert-OH is 2. The first-order valence-electron chi connectivity index (χ1n) is 5.84. The Labute approximate surface area is 115 Å². The minimum absolute atomic E-state index is 0.171. The zero-order valence-electron chi connectivity index (χ0n) is 10.5. The fraction of sp³-hybridized carbons (Fsp3) is 0.500. The summed E-state index contributed by atoms with van der Waals surface area (Å²) in [5.41, 5.74) is 0.0178. The van der Waals surface area contributed by atoms with Gasteiger partial charge in [-0.1, -0.05) is 0 Å². The molecule has 0 radical (unpaired) electrons. The van der Waals surface area contributed by atoms with Crippen molar-refractivity contribution >= 4 is 17.3 Å². The van der Waals surface area contributed by atoms with Crippen molar-refractivity contribution in [3.63, 3.8) is 0 Å². The van der Waals surface area contributed by atoms with Gasteiger partial charge < -0.3 is 14.9 Å². The lowest BCUT2D eigenvalue weighted by molar-refractivity contribution is -0.385. The first-order chi connectivity index (χ1) is 9.01. The Hall–Kier alpha value is -1.37. The highest BCUT2D eigenvalue weighted by Gasteiger charge is 2.24. The van der Waals surface area contributed by atoms with Gasteiger partial charge in [0.2, 0.25) is 0 Å². The van der Waals surface area contributed by atoms with E-state index >= 15 is 0 Å². The third-order valence-electron chi connectivity index (χ3n) is 2.59. The van der Waals surface area contributed by atoms with Crippen molar-refractivity contribution in [2.45, 2.75) is 25.6 Å². The van der Waals surface area contributed by atoms with Crippen LogP contribution in [0.2, 0.25) is 0 Å². The highest BCUT2D eigenvalue weighted by atomic mass is 35.5. The number of hydrogen-bond donors (Lipinski definition) is 2. The van der Waals surface area contributed by atoms with Crippen molar-refractivity contribution in [1.29, 1.82) is 0 Å². The van der Waals surface area contributed by atoms with E-state index < -0.39 is 17.1 Å². The molecule has 0 saturated carbocycles. The highest BCUT2D eigenvalue weighted by molar-refractivity contribution is 6.17. The highest BCUT2D eigenvalue weighted by Crippen LogP contribution is 2.32. The molecule has 0 aliphatic carbocycles. The van der Waals surface area contributed by atoms with Crippen LogP contribution in [-0.2, 0) is 0 Å². The van der Waals surface area contributed by atoms with Gasteiger partial charge >= 0.3 is 0 Å². The first kappa shape index (κ1) is 15.7. The summed E-state index contributed by atoms with van der Waals surface area (Å²) in [5.74, 6) is 0.492. The topological polar surface area (TPSA) is 92.8 Å². The van der Waals surface area contributed by atoms with E-state index in [4.69, 9.17) is 16.3 Å². The lowest BCUT2D eigenvalue weighted by atomic mass is 10.0. The van der Waals surface area contributed by atoms with Crippen molar-refractivity contribution in [2.24, 2.45) is 0 Å². The van der Waals surface area contributed by atoms with Gasteiger partial charge in [-0.05, 0) is 19.4 Å². The maximum absolute atomic E-state index is 10.7. The molecule has 2 N–H and O–H groups in total. The Morgan fingerprint density at radius 1 is 1.47 bits per heavy atom. The van der Waals surface area contributed by atoms with E-state index in [0.717, 1.165) is 0 Å². The molecule has 0 fully saturated rings. The molecule has 0 saturated heterocycles. The summed E-state index contributed by atoms with van der Waals surface area (Å²) in [6.07, 6.45) is -2.20. The van der Waals surface area contributed by atoms with Gasteiger partial charge in [0.1, 0.15) is 11.9 Å². The number of nitro benzene ring substituents is 1. The van der Waals surface area contributed by atoms with Crippen LogP contribution in [0.4, 0.5) is 5.69 Å². The summed E-state index contributed by atoms with van der Waals surface area (Å²) in [5, 5.41) is 30.5. The average molecular weight is 290 g/mol. The third kappa shape index (κ3) is 4.05. The molecule has 0 heterocycles. The van der Waals surface area contributed by atoms with Crippen molar-refractivity contribution in [2.75, 3.05) is 12.5 Å². The standard InChI is InChI=1S/C12H16ClNO5/c1-2-19-11-4-3-8(14(17)18)7-9(11)12(16)10(15)5-6-13/h3-4,7,10,12,15-16H,2,5-6H2,1H3. The lowest BCUT2D eigenvalue weighted by Gasteiger charge is -2.19. The maximum atomic E-state index is 10.7. The van der Waals surface area contributed by atoms with Crippen LogP contribution in [0.15, 0.2) is 18.2 Å². The number of alkyl halides is 1. The fourth-order valence-corrected chi connectivity index (χ4v) is 1.87. The summed E-state index contributed by atoms with van der Waals surface area (Å²) in [6.45, 7) is 2.11. The molecule has 2 unspecified atom stereocenters. The Bertz CT molecular complexity index is 440. The number of nitro groups is 1. The largest absolute Gasteiger partial charge is 0.493 e. The van der Waals surface area contributed by atoms with Gasteiger partial charge in [-0.3, -0.25) is 10.1 Å². The van der Waals surface area contributed by atoms with Crippen molar-refractivity contribution in [1.82, 2.24) is 0 Å². The smallest absolute Gasteiger partial charge is 0.270 e. The van der Waals surface area contributed by atoms with Gasteiger partial charge in [-0.25, -0.2) is 0 Å². The molecule has 0 bridgehead atoms. The number of hydrogen-bond acceptors (Lipinski definition) is 5. The maximum Gasteiger partial charge on any atom is 0.270 e. The molecule has 0 amide bonds. The normalized spacial score (nSPS) is 13.9. The van der Waals surface area contributed by atoms with Crippen LogP contribution >= 0.6 is 11.6 Å². The number of aliphatic hydroxyl groups is 2. The second-order valence-electron chi connectivity index (χ2n) is 3.90. The zero-order chi connectivity index (χ0) is 14.4. The van der Waals surface area contributed by atoms with Crippen molar-refractivity contribution < 1.29 is 19.9 Å². The van der Waals surface area contributed by atoms with Crippen LogP contribution in [0.3, 0.4) is 0 Å². The van der Waals surface area contributed by atoms with Gasteiger partial charge in [0, 0.05) is 23.6 Å². The average Bonchev–Trinajstić information content (AvgIpc) is 2.38. The quantitative estimate of drug-likeness (QED) is 0.455. The first-order valence-corrected chi connectivity index (χ1v) is 6.38. The molecular weight excluding hydrogens is 274 g/mol. The lowest BCUT2D eigenvalue weighted by Crippen LogP contribution is -2.19. The summed E-state index contributed by atoms with van der Waals surface area (Å²) in [7, 11) is 0. The molecule has 1 aromatic carbocycles. The van der Waals surface area contributed by atoms with Crippen molar-refractivity contribution in [3.05, 3.63) is 33.9 Å². The Kier molecular flexibility index (Phi) is 6.01. The number of halogens is 1. The molecule has 106 valence electrons. The van der Waals surface area contributed by atoms with Crippen LogP contribution in [0, 0.1) is 10.1 Å². The predicted octanol–water partition coefficient (Wildman–Crippen LogP) is 2.02. The SMILES string of the molecule is CCOc1ccc([N+](=O)[O-])cc1C(O)C(O)CCCl. The van der Waals surface area contributed by atoms with E-state index in [1.54, 1.807) is 6.92 Å². The van der Waals surface area contributed by atoms with Gasteiger partial charge in [0.05, 0.1) is 17.6 Å². The molecule has 19 heavy (non-hydrogen) atoms. The van der Waals surface area contributed by atoms with Crippen LogP contribution in [0.25, 0.3) is 0 Å². The van der Waals surface area contributed by atoms with Gasteiger partial charge in [0.15, 0.2) is 0 Å². The van der Waals surface area contributed by atoms with Crippen LogP contribution < -0.4 is 4.74 Å². The van der Waals surface area contributed by atoms with E-state index in [0.29, 0.717) is 12.4 Å². The summed E-state index contributed by atoms with van der Waals surface area (Å²) in [6, 6.07) is 3.90. The molecular formula is C12H16ClNO5. The summed E-state index contributed by atoms with van der Waals surface area (Å²) in [4.78, 5) is 10.2. The predicted molar refractivity (Wildman–Crippen MR) is 70.6 cm³/mol. The van der Waals surface area contributed by atoms with Crippen LogP contribution in [0.5, 0.6) is 5.75 Å². The molecule has 7 heteroatoms. The number of benzene rings is 1. The summed E-state index contributed by atoms with van der Waals surface area (Å²) >= 11 is 5.50. The zero-order valence-corrected chi connectivity index (χ0v) is 11.2. The Morgan fingerprint density at radius 3 is 2.68 bits per heavy atom.